The van der Waals surface area contributed by atoms with Gasteiger partial charge in [0.25, 0.3) is 5.91 Å². The van der Waals surface area contributed by atoms with E-state index in [1.165, 1.54) is 23.1 Å². The van der Waals surface area contributed by atoms with Gasteiger partial charge in [0.2, 0.25) is 0 Å². The van der Waals surface area contributed by atoms with Gasteiger partial charge in [0, 0.05) is 18.7 Å². The standard InChI is InChI=1S/C14H16ClN3O4/c1-2-10(13(20)21)17-12(19)8-3-4-9(15)11(7-8)18-6-5-16-14(18)22/h3-4,7,10H,2,5-6H2,1H3,(H,16,22)(H,17,19)(H,20,21). The van der Waals surface area contributed by atoms with Crippen LogP contribution >= 0.6 is 11.6 Å². The van der Waals surface area contributed by atoms with Gasteiger partial charge in [0.1, 0.15) is 6.04 Å². The van der Waals surface area contributed by atoms with Gasteiger partial charge in [-0.05, 0) is 24.6 Å². The summed E-state index contributed by atoms with van der Waals surface area (Å²) in [5.41, 5.74) is 0.673. The third kappa shape index (κ3) is 3.30. The maximum absolute atomic E-state index is 12.1. The number of nitrogens with zero attached hydrogens (tertiary/aromatic N) is 1. The Labute approximate surface area is 132 Å². The number of urea groups is 1. The summed E-state index contributed by atoms with van der Waals surface area (Å²) in [7, 11) is 0. The lowest BCUT2D eigenvalue weighted by Crippen LogP contribution is -2.40. The summed E-state index contributed by atoms with van der Waals surface area (Å²) in [5.74, 6) is -1.62. The molecule has 8 heteroatoms. The number of benzene rings is 1. The van der Waals surface area contributed by atoms with E-state index in [0.717, 1.165) is 0 Å². The summed E-state index contributed by atoms with van der Waals surface area (Å²) in [6, 6.07) is 3.25. The molecule has 118 valence electrons. The quantitative estimate of drug-likeness (QED) is 0.763. The highest BCUT2D eigenvalue weighted by atomic mass is 35.5. The lowest BCUT2D eigenvalue weighted by molar-refractivity contribution is -0.139. The Morgan fingerprint density at radius 2 is 2.23 bits per heavy atom. The van der Waals surface area contributed by atoms with Crippen molar-refractivity contribution < 1.29 is 19.5 Å². The molecule has 0 aliphatic carbocycles. The first kappa shape index (κ1) is 16.1. The molecule has 1 fully saturated rings. The lowest BCUT2D eigenvalue weighted by Gasteiger charge is -2.18. The summed E-state index contributed by atoms with van der Waals surface area (Å²) in [4.78, 5) is 36.3. The van der Waals surface area contributed by atoms with Crippen LogP contribution < -0.4 is 15.5 Å². The largest absolute Gasteiger partial charge is 0.480 e. The predicted molar refractivity (Wildman–Crippen MR) is 81.4 cm³/mol. The van der Waals surface area contributed by atoms with Crippen LogP contribution in [0.15, 0.2) is 18.2 Å². The molecule has 1 saturated heterocycles. The first-order valence-electron chi connectivity index (χ1n) is 6.82. The van der Waals surface area contributed by atoms with Gasteiger partial charge in [-0.3, -0.25) is 9.69 Å². The van der Waals surface area contributed by atoms with Gasteiger partial charge < -0.3 is 15.7 Å². The topological polar surface area (TPSA) is 98.7 Å². The fourth-order valence-corrected chi connectivity index (χ4v) is 2.36. The third-order valence-corrected chi connectivity index (χ3v) is 3.69. The molecule has 1 aliphatic heterocycles. The molecule has 3 amide bonds. The number of hydrogen-bond acceptors (Lipinski definition) is 3. The Bertz CT molecular complexity index is 620. The van der Waals surface area contributed by atoms with E-state index in [4.69, 9.17) is 16.7 Å². The summed E-state index contributed by atoms with van der Waals surface area (Å²) >= 11 is 6.08. The van der Waals surface area contributed by atoms with Crippen molar-refractivity contribution in [1.29, 1.82) is 0 Å². The second-order valence-corrected chi connectivity index (χ2v) is 5.23. The van der Waals surface area contributed by atoms with Crippen LogP contribution in [0.3, 0.4) is 0 Å². The van der Waals surface area contributed by atoms with Crippen LogP contribution in [0.1, 0.15) is 23.7 Å². The van der Waals surface area contributed by atoms with Crippen LogP contribution in [0, 0.1) is 0 Å². The number of aliphatic carboxylic acids is 1. The van der Waals surface area contributed by atoms with Crippen LogP contribution in [0.5, 0.6) is 0 Å². The van der Waals surface area contributed by atoms with Crippen LogP contribution in [-0.4, -0.2) is 42.1 Å². The summed E-state index contributed by atoms with van der Waals surface area (Å²) < 4.78 is 0. The van der Waals surface area contributed by atoms with Gasteiger partial charge in [0.05, 0.1) is 10.7 Å². The first-order valence-corrected chi connectivity index (χ1v) is 7.20. The average Bonchev–Trinajstić information content (AvgIpc) is 2.90. The maximum atomic E-state index is 12.1. The number of amides is 3. The lowest BCUT2D eigenvalue weighted by atomic mass is 10.1. The van der Waals surface area contributed by atoms with Crippen LogP contribution in [-0.2, 0) is 4.79 Å². The molecule has 0 bridgehead atoms. The zero-order valence-corrected chi connectivity index (χ0v) is 12.7. The molecule has 1 heterocycles. The van der Waals surface area contributed by atoms with Crippen molar-refractivity contribution in [1.82, 2.24) is 10.6 Å². The number of carboxylic acid groups (broad SMARTS) is 1. The van der Waals surface area contributed by atoms with Gasteiger partial charge in [-0.25, -0.2) is 9.59 Å². The van der Waals surface area contributed by atoms with Crippen molar-refractivity contribution >= 4 is 35.2 Å². The minimum Gasteiger partial charge on any atom is -0.480 e. The highest BCUT2D eigenvalue weighted by molar-refractivity contribution is 6.34. The van der Waals surface area contributed by atoms with Gasteiger partial charge >= 0.3 is 12.0 Å². The van der Waals surface area contributed by atoms with Crippen LogP contribution in [0.25, 0.3) is 0 Å². The molecule has 0 radical (unpaired) electrons. The number of anilines is 1. The molecule has 0 saturated carbocycles. The molecule has 7 nitrogen and oxygen atoms in total. The predicted octanol–water partition coefficient (Wildman–Crippen LogP) is 1.46. The Morgan fingerprint density at radius 1 is 1.50 bits per heavy atom. The number of carbonyl (C=O) groups excluding carboxylic acids is 2. The zero-order valence-electron chi connectivity index (χ0n) is 11.9. The fourth-order valence-electron chi connectivity index (χ4n) is 2.14. The highest BCUT2D eigenvalue weighted by Gasteiger charge is 2.25. The number of nitrogens with one attached hydrogen (secondary N) is 2. The summed E-state index contributed by atoms with van der Waals surface area (Å²) in [6.07, 6.45) is 0.274. The average molecular weight is 326 g/mol. The van der Waals surface area contributed by atoms with E-state index in [9.17, 15) is 14.4 Å². The second kappa shape index (κ2) is 6.65. The number of carboxylic acids is 1. The van der Waals surface area contributed by atoms with Crippen molar-refractivity contribution in [3.05, 3.63) is 28.8 Å². The van der Waals surface area contributed by atoms with Gasteiger partial charge in [0.15, 0.2) is 0 Å². The Morgan fingerprint density at radius 3 is 2.77 bits per heavy atom. The Balaban J connectivity index is 2.23. The molecule has 1 unspecified atom stereocenters. The molecular weight excluding hydrogens is 310 g/mol. The second-order valence-electron chi connectivity index (χ2n) is 4.82. The van der Waals surface area contributed by atoms with E-state index in [-0.39, 0.29) is 18.0 Å². The summed E-state index contributed by atoms with van der Waals surface area (Å²) in [6.45, 7) is 2.62. The smallest absolute Gasteiger partial charge is 0.326 e. The van der Waals surface area contributed by atoms with Crippen molar-refractivity contribution in [2.75, 3.05) is 18.0 Å². The van der Waals surface area contributed by atoms with Crippen molar-refractivity contribution in [2.45, 2.75) is 19.4 Å². The minimum absolute atomic E-state index is 0.249. The molecule has 2 rings (SSSR count). The molecule has 0 aromatic heterocycles. The van der Waals surface area contributed by atoms with E-state index in [1.807, 2.05) is 0 Å². The van der Waals surface area contributed by atoms with Crippen molar-refractivity contribution in [3.8, 4) is 0 Å². The number of halogens is 1. The monoisotopic (exact) mass is 325 g/mol. The summed E-state index contributed by atoms with van der Waals surface area (Å²) in [5, 5.41) is 14.4. The molecule has 1 aliphatic rings. The van der Waals surface area contributed by atoms with Gasteiger partial charge in [-0.15, -0.1) is 0 Å². The van der Waals surface area contributed by atoms with Crippen molar-refractivity contribution in [3.63, 3.8) is 0 Å². The molecule has 22 heavy (non-hydrogen) atoms. The highest BCUT2D eigenvalue weighted by Crippen LogP contribution is 2.28. The fraction of sp³-hybridized carbons (Fsp3) is 0.357. The third-order valence-electron chi connectivity index (χ3n) is 3.37. The molecule has 1 aromatic rings. The zero-order chi connectivity index (χ0) is 16.3. The number of carbonyl (C=O) groups is 3. The first-order chi connectivity index (χ1) is 10.4. The van der Waals surface area contributed by atoms with Gasteiger partial charge in [-0.1, -0.05) is 18.5 Å². The Kier molecular flexibility index (Phi) is 4.87. The molecule has 1 aromatic carbocycles. The molecule has 3 N–H and O–H groups in total. The van der Waals surface area contributed by atoms with E-state index in [1.54, 1.807) is 6.92 Å². The SMILES string of the molecule is CCC(NC(=O)c1ccc(Cl)c(N2CCNC2=O)c1)C(=O)O. The minimum atomic E-state index is -1.09. The number of hydrogen-bond donors (Lipinski definition) is 3. The van der Waals surface area contributed by atoms with E-state index >= 15 is 0 Å². The van der Waals surface area contributed by atoms with Gasteiger partial charge in [-0.2, -0.15) is 0 Å². The maximum Gasteiger partial charge on any atom is 0.326 e. The van der Waals surface area contributed by atoms with Crippen molar-refractivity contribution in [2.24, 2.45) is 0 Å². The van der Waals surface area contributed by atoms with E-state index < -0.39 is 17.9 Å². The van der Waals surface area contributed by atoms with E-state index in [0.29, 0.717) is 23.8 Å². The normalized spacial score (nSPS) is 15.4. The molecular formula is C14H16ClN3O4. The number of rotatable bonds is 5. The van der Waals surface area contributed by atoms with Crippen LogP contribution in [0.2, 0.25) is 5.02 Å². The Hall–Kier alpha value is -2.28. The molecule has 0 spiro atoms. The van der Waals surface area contributed by atoms with Crippen LogP contribution in [0.4, 0.5) is 10.5 Å². The molecule has 1 atom stereocenters. The van der Waals surface area contributed by atoms with E-state index in [2.05, 4.69) is 10.6 Å².